The van der Waals surface area contributed by atoms with Crippen molar-refractivity contribution in [2.45, 2.75) is 27.7 Å². The molecule has 0 atom stereocenters. The first-order valence-electron chi connectivity index (χ1n) is 7.07. The van der Waals surface area contributed by atoms with Crippen LogP contribution in [0, 0.1) is 27.7 Å². The highest BCUT2D eigenvalue weighted by Crippen LogP contribution is 2.24. The second kappa shape index (κ2) is 6.47. The Balaban J connectivity index is 1.86. The molecule has 0 aromatic heterocycles. The Bertz CT molecular complexity index is 549. The third kappa shape index (κ3) is 3.77. The van der Waals surface area contributed by atoms with Crippen LogP contribution >= 0.6 is 0 Å². The van der Waals surface area contributed by atoms with Crippen LogP contribution in [0.2, 0.25) is 0 Å². The van der Waals surface area contributed by atoms with Crippen molar-refractivity contribution in [2.24, 2.45) is 0 Å². The standard InChI is InChI=1S/C18H23NO/c1-13-5-7-17(8-6-13)19-9-10-20-18-15(3)11-14(2)12-16(18)4/h5-8,11-12,19H,9-10H2,1-4H3. The van der Waals surface area contributed by atoms with Gasteiger partial charge in [-0.15, -0.1) is 0 Å². The lowest BCUT2D eigenvalue weighted by Gasteiger charge is -2.14. The summed E-state index contributed by atoms with van der Waals surface area (Å²) in [5.41, 5.74) is 6.11. The molecular weight excluding hydrogens is 246 g/mol. The zero-order valence-corrected chi connectivity index (χ0v) is 12.8. The predicted molar refractivity (Wildman–Crippen MR) is 85.8 cm³/mol. The molecule has 2 rings (SSSR count). The van der Waals surface area contributed by atoms with E-state index >= 15 is 0 Å². The van der Waals surface area contributed by atoms with Gasteiger partial charge in [-0.3, -0.25) is 0 Å². The molecule has 0 aliphatic carbocycles. The fraction of sp³-hybridized carbons (Fsp3) is 0.333. The normalized spacial score (nSPS) is 10.4. The number of benzene rings is 2. The first-order valence-corrected chi connectivity index (χ1v) is 7.07. The maximum absolute atomic E-state index is 5.91. The molecule has 2 heteroatoms. The van der Waals surface area contributed by atoms with Gasteiger partial charge in [0, 0.05) is 12.2 Å². The molecule has 0 aliphatic heterocycles. The Morgan fingerprint density at radius 3 is 2.05 bits per heavy atom. The van der Waals surface area contributed by atoms with Crippen molar-refractivity contribution in [1.82, 2.24) is 0 Å². The molecule has 1 N–H and O–H groups in total. The summed E-state index contributed by atoms with van der Waals surface area (Å²) >= 11 is 0. The van der Waals surface area contributed by atoms with Gasteiger partial charge in [0.15, 0.2) is 0 Å². The van der Waals surface area contributed by atoms with Gasteiger partial charge in [0.05, 0.1) is 0 Å². The summed E-state index contributed by atoms with van der Waals surface area (Å²) in [4.78, 5) is 0. The highest BCUT2D eigenvalue weighted by Gasteiger charge is 2.04. The first-order chi connectivity index (χ1) is 9.56. The van der Waals surface area contributed by atoms with Crippen molar-refractivity contribution in [3.05, 3.63) is 58.7 Å². The largest absolute Gasteiger partial charge is 0.491 e. The Labute approximate surface area is 121 Å². The van der Waals surface area contributed by atoms with Gasteiger partial charge in [0.2, 0.25) is 0 Å². The van der Waals surface area contributed by atoms with Crippen LogP contribution in [0.1, 0.15) is 22.3 Å². The van der Waals surface area contributed by atoms with E-state index in [1.807, 2.05) is 0 Å². The topological polar surface area (TPSA) is 21.3 Å². The monoisotopic (exact) mass is 269 g/mol. The lowest BCUT2D eigenvalue weighted by molar-refractivity contribution is 0.328. The molecule has 106 valence electrons. The van der Waals surface area contributed by atoms with E-state index in [1.165, 1.54) is 22.3 Å². The number of hydrogen-bond donors (Lipinski definition) is 1. The SMILES string of the molecule is Cc1ccc(NCCOc2c(C)cc(C)cc2C)cc1. The second-order valence-electron chi connectivity index (χ2n) is 5.37. The molecule has 2 nitrogen and oxygen atoms in total. The van der Waals surface area contributed by atoms with Gasteiger partial charge in [-0.25, -0.2) is 0 Å². The minimum Gasteiger partial charge on any atom is -0.491 e. The highest BCUT2D eigenvalue weighted by atomic mass is 16.5. The molecule has 0 radical (unpaired) electrons. The molecule has 20 heavy (non-hydrogen) atoms. The average molecular weight is 269 g/mol. The zero-order valence-electron chi connectivity index (χ0n) is 12.8. The molecule has 0 unspecified atom stereocenters. The molecule has 0 bridgehead atoms. The van der Waals surface area contributed by atoms with E-state index in [9.17, 15) is 0 Å². The lowest BCUT2D eigenvalue weighted by Crippen LogP contribution is -2.12. The molecule has 0 amide bonds. The van der Waals surface area contributed by atoms with Gasteiger partial charge < -0.3 is 10.1 Å². The van der Waals surface area contributed by atoms with Crippen molar-refractivity contribution in [1.29, 1.82) is 0 Å². The van der Waals surface area contributed by atoms with Crippen LogP contribution in [0.4, 0.5) is 5.69 Å². The van der Waals surface area contributed by atoms with E-state index in [2.05, 4.69) is 69.4 Å². The summed E-state index contributed by atoms with van der Waals surface area (Å²) in [6.07, 6.45) is 0. The van der Waals surface area contributed by atoms with Gasteiger partial charge in [0.25, 0.3) is 0 Å². The highest BCUT2D eigenvalue weighted by molar-refractivity contribution is 5.45. The lowest BCUT2D eigenvalue weighted by atomic mass is 10.1. The van der Waals surface area contributed by atoms with Crippen molar-refractivity contribution in [2.75, 3.05) is 18.5 Å². The Hall–Kier alpha value is -1.96. The van der Waals surface area contributed by atoms with Crippen LogP contribution < -0.4 is 10.1 Å². The number of rotatable bonds is 5. The summed E-state index contributed by atoms with van der Waals surface area (Å²) in [5.74, 6) is 1.02. The second-order valence-corrected chi connectivity index (χ2v) is 5.37. The molecule has 0 saturated carbocycles. The number of hydrogen-bond acceptors (Lipinski definition) is 2. The average Bonchev–Trinajstić information content (AvgIpc) is 2.39. The minimum absolute atomic E-state index is 0.665. The molecule has 0 saturated heterocycles. The summed E-state index contributed by atoms with van der Waals surface area (Å²) in [6, 6.07) is 12.7. The Morgan fingerprint density at radius 2 is 1.45 bits per heavy atom. The first kappa shape index (κ1) is 14.4. The number of nitrogens with one attached hydrogen (secondary N) is 1. The number of ether oxygens (including phenoxy) is 1. The molecule has 0 heterocycles. The summed E-state index contributed by atoms with van der Waals surface area (Å²) in [7, 11) is 0. The van der Waals surface area contributed by atoms with Crippen molar-refractivity contribution in [3.63, 3.8) is 0 Å². The third-order valence-corrected chi connectivity index (χ3v) is 3.33. The van der Waals surface area contributed by atoms with Gasteiger partial charge in [0.1, 0.15) is 12.4 Å². The number of aryl methyl sites for hydroxylation is 4. The maximum Gasteiger partial charge on any atom is 0.125 e. The van der Waals surface area contributed by atoms with Crippen LogP contribution in [-0.4, -0.2) is 13.2 Å². The van der Waals surface area contributed by atoms with E-state index in [1.54, 1.807) is 0 Å². The van der Waals surface area contributed by atoms with Crippen molar-refractivity contribution < 1.29 is 4.74 Å². The quantitative estimate of drug-likeness (QED) is 0.812. The fourth-order valence-corrected chi connectivity index (χ4v) is 2.41. The van der Waals surface area contributed by atoms with E-state index in [0.29, 0.717) is 6.61 Å². The van der Waals surface area contributed by atoms with Gasteiger partial charge in [-0.1, -0.05) is 35.4 Å². The Kier molecular flexibility index (Phi) is 4.67. The Morgan fingerprint density at radius 1 is 0.850 bits per heavy atom. The van der Waals surface area contributed by atoms with Crippen molar-refractivity contribution >= 4 is 5.69 Å². The van der Waals surface area contributed by atoms with E-state index in [0.717, 1.165) is 18.0 Å². The molecule has 2 aromatic carbocycles. The predicted octanol–water partition coefficient (Wildman–Crippen LogP) is 4.41. The van der Waals surface area contributed by atoms with Crippen LogP contribution in [-0.2, 0) is 0 Å². The zero-order chi connectivity index (χ0) is 14.5. The summed E-state index contributed by atoms with van der Waals surface area (Å²) < 4.78 is 5.91. The number of anilines is 1. The van der Waals surface area contributed by atoms with Gasteiger partial charge in [-0.05, 0) is 51.0 Å². The molecular formula is C18H23NO. The fourth-order valence-electron chi connectivity index (χ4n) is 2.41. The molecule has 0 fully saturated rings. The molecule has 0 aliphatic rings. The summed E-state index contributed by atoms with van der Waals surface area (Å²) in [6.45, 7) is 9.87. The smallest absolute Gasteiger partial charge is 0.125 e. The van der Waals surface area contributed by atoms with Gasteiger partial charge in [-0.2, -0.15) is 0 Å². The van der Waals surface area contributed by atoms with E-state index in [4.69, 9.17) is 4.74 Å². The molecule has 0 spiro atoms. The minimum atomic E-state index is 0.665. The molecule has 2 aromatic rings. The maximum atomic E-state index is 5.91. The van der Waals surface area contributed by atoms with E-state index < -0.39 is 0 Å². The van der Waals surface area contributed by atoms with E-state index in [-0.39, 0.29) is 0 Å². The van der Waals surface area contributed by atoms with Crippen LogP contribution in [0.15, 0.2) is 36.4 Å². The van der Waals surface area contributed by atoms with Crippen LogP contribution in [0.3, 0.4) is 0 Å². The van der Waals surface area contributed by atoms with Crippen LogP contribution in [0.5, 0.6) is 5.75 Å². The van der Waals surface area contributed by atoms with Gasteiger partial charge >= 0.3 is 0 Å². The van der Waals surface area contributed by atoms with Crippen LogP contribution in [0.25, 0.3) is 0 Å². The van der Waals surface area contributed by atoms with Crippen molar-refractivity contribution in [3.8, 4) is 5.75 Å². The third-order valence-electron chi connectivity index (χ3n) is 3.33. The summed E-state index contributed by atoms with van der Waals surface area (Å²) in [5, 5.41) is 3.37.